The lowest BCUT2D eigenvalue weighted by atomic mass is 10.0. The van der Waals surface area contributed by atoms with Crippen molar-refractivity contribution in [3.05, 3.63) is 52.1 Å². The van der Waals surface area contributed by atoms with Gasteiger partial charge >= 0.3 is 5.97 Å². The van der Waals surface area contributed by atoms with Gasteiger partial charge in [0.1, 0.15) is 0 Å². The molecular formula is C20H27N2O3+. The minimum absolute atomic E-state index is 0.0440. The monoisotopic (exact) mass is 343 g/mol. The molecule has 0 aliphatic carbocycles. The van der Waals surface area contributed by atoms with Gasteiger partial charge in [-0.3, -0.25) is 4.79 Å². The molecule has 0 aliphatic heterocycles. The Balaban J connectivity index is 2.41. The SMILES string of the molecule is CCOC(=O)c1c(C)[nH]c(C(=O)[C@@H](C)[n+]2cc(CC)ccc2C)c1C. The molecule has 0 saturated carbocycles. The molecule has 134 valence electrons. The van der Waals surface area contributed by atoms with Gasteiger partial charge in [-0.15, -0.1) is 0 Å². The standard InChI is InChI=1S/C20H26N2O3/c1-7-16-10-9-12(3)22(11-16)15(6)19(23)18-13(4)17(14(5)21-18)20(24)25-8-2/h9-11,15H,7-8H2,1-6H3/p+1/t15-/m1/s1. The molecule has 0 aliphatic rings. The molecule has 1 atom stereocenters. The molecule has 0 aromatic carbocycles. The van der Waals surface area contributed by atoms with Crippen LogP contribution >= 0.6 is 0 Å². The molecule has 2 aromatic heterocycles. The Hall–Kier alpha value is -2.43. The van der Waals surface area contributed by atoms with Crippen molar-refractivity contribution in [3.8, 4) is 0 Å². The molecule has 0 radical (unpaired) electrons. The van der Waals surface area contributed by atoms with Crippen LogP contribution in [0.4, 0.5) is 0 Å². The summed E-state index contributed by atoms with van der Waals surface area (Å²) < 4.78 is 7.09. The molecule has 0 amide bonds. The number of rotatable bonds is 6. The summed E-state index contributed by atoms with van der Waals surface area (Å²) in [5, 5.41) is 0. The average Bonchev–Trinajstić information content (AvgIpc) is 2.88. The van der Waals surface area contributed by atoms with Crippen LogP contribution in [-0.4, -0.2) is 23.3 Å². The van der Waals surface area contributed by atoms with Crippen molar-refractivity contribution in [2.24, 2.45) is 0 Å². The lowest BCUT2D eigenvalue weighted by molar-refractivity contribution is -0.710. The van der Waals surface area contributed by atoms with E-state index in [9.17, 15) is 9.59 Å². The molecule has 25 heavy (non-hydrogen) atoms. The van der Waals surface area contributed by atoms with Crippen LogP contribution in [0.2, 0.25) is 0 Å². The van der Waals surface area contributed by atoms with E-state index in [1.807, 2.05) is 30.7 Å². The molecule has 1 N–H and O–H groups in total. The second-order valence-corrected chi connectivity index (χ2v) is 6.33. The van der Waals surface area contributed by atoms with E-state index in [0.29, 0.717) is 29.1 Å². The minimum atomic E-state index is -0.391. The van der Waals surface area contributed by atoms with Crippen LogP contribution in [0.3, 0.4) is 0 Å². The van der Waals surface area contributed by atoms with Crippen LogP contribution in [0.1, 0.15) is 70.2 Å². The molecule has 5 heteroatoms. The van der Waals surface area contributed by atoms with Crippen LogP contribution < -0.4 is 4.57 Å². The Morgan fingerprint density at radius 1 is 1.20 bits per heavy atom. The van der Waals surface area contributed by atoms with E-state index in [0.717, 1.165) is 12.1 Å². The maximum absolute atomic E-state index is 13.1. The zero-order chi connectivity index (χ0) is 18.7. The average molecular weight is 343 g/mol. The van der Waals surface area contributed by atoms with Crippen molar-refractivity contribution >= 4 is 11.8 Å². The van der Waals surface area contributed by atoms with Crippen molar-refractivity contribution in [2.45, 2.75) is 54.0 Å². The maximum atomic E-state index is 13.1. The van der Waals surface area contributed by atoms with E-state index in [1.54, 1.807) is 20.8 Å². The largest absolute Gasteiger partial charge is 0.462 e. The number of nitrogens with zero attached hydrogens (tertiary/aromatic N) is 1. The van der Waals surface area contributed by atoms with Gasteiger partial charge in [0.2, 0.25) is 11.8 Å². The molecule has 5 nitrogen and oxygen atoms in total. The summed E-state index contributed by atoms with van der Waals surface area (Å²) >= 11 is 0. The first-order valence-corrected chi connectivity index (χ1v) is 8.72. The summed E-state index contributed by atoms with van der Waals surface area (Å²) in [6.07, 6.45) is 2.93. The van der Waals surface area contributed by atoms with Gasteiger partial charge in [-0.2, -0.15) is 4.57 Å². The highest BCUT2D eigenvalue weighted by Gasteiger charge is 2.31. The van der Waals surface area contributed by atoms with Gasteiger partial charge in [0.25, 0.3) is 0 Å². The molecule has 2 rings (SSSR count). The number of H-pyrrole nitrogens is 1. The predicted octanol–water partition coefficient (Wildman–Crippen LogP) is 3.41. The molecule has 0 unspecified atom stereocenters. The highest BCUT2D eigenvalue weighted by atomic mass is 16.5. The maximum Gasteiger partial charge on any atom is 0.340 e. The first kappa shape index (κ1) is 18.9. The third-order valence-corrected chi connectivity index (χ3v) is 4.62. The van der Waals surface area contributed by atoms with Gasteiger partial charge < -0.3 is 9.72 Å². The normalized spacial score (nSPS) is 12.1. The van der Waals surface area contributed by atoms with Crippen LogP contribution in [0, 0.1) is 20.8 Å². The van der Waals surface area contributed by atoms with Gasteiger partial charge in [0.05, 0.1) is 17.9 Å². The van der Waals surface area contributed by atoms with Crippen LogP contribution in [0.5, 0.6) is 0 Å². The van der Waals surface area contributed by atoms with Gasteiger partial charge in [-0.1, -0.05) is 6.92 Å². The first-order chi connectivity index (χ1) is 11.8. The molecule has 0 saturated heterocycles. The zero-order valence-corrected chi connectivity index (χ0v) is 15.9. The minimum Gasteiger partial charge on any atom is -0.462 e. The fourth-order valence-corrected chi connectivity index (χ4v) is 3.10. The van der Waals surface area contributed by atoms with Crippen molar-refractivity contribution in [2.75, 3.05) is 6.61 Å². The highest BCUT2D eigenvalue weighted by molar-refractivity contribution is 6.02. The Morgan fingerprint density at radius 3 is 2.48 bits per heavy atom. The lowest BCUT2D eigenvalue weighted by Gasteiger charge is -2.10. The Bertz CT molecular complexity index is 806. The summed E-state index contributed by atoms with van der Waals surface area (Å²) in [7, 11) is 0. The number of nitrogens with one attached hydrogen (secondary N) is 1. The first-order valence-electron chi connectivity index (χ1n) is 8.72. The smallest absolute Gasteiger partial charge is 0.340 e. The number of carbonyl (C=O) groups is 2. The number of hydrogen-bond donors (Lipinski definition) is 1. The summed E-state index contributed by atoms with van der Waals surface area (Å²) in [5.41, 5.74) is 4.44. The number of hydrogen-bond acceptors (Lipinski definition) is 3. The van der Waals surface area contributed by atoms with Crippen molar-refractivity contribution < 1.29 is 18.9 Å². The molecular weight excluding hydrogens is 316 g/mol. The summed E-state index contributed by atoms with van der Waals surface area (Å²) in [4.78, 5) is 28.3. The predicted molar refractivity (Wildman–Crippen MR) is 96.0 cm³/mol. The van der Waals surface area contributed by atoms with Crippen molar-refractivity contribution in [3.63, 3.8) is 0 Å². The van der Waals surface area contributed by atoms with Gasteiger partial charge in [0, 0.05) is 31.2 Å². The summed E-state index contributed by atoms with van der Waals surface area (Å²) in [6, 6.07) is 3.74. The van der Waals surface area contributed by atoms with E-state index in [2.05, 4.69) is 18.0 Å². The number of aromatic amines is 1. The second-order valence-electron chi connectivity index (χ2n) is 6.33. The van der Waals surface area contributed by atoms with Gasteiger partial charge in [-0.25, -0.2) is 4.79 Å². The Kier molecular flexibility index (Phi) is 5.77. The number of ether oxygens (including phenoxy) is 1. The highest BCUT2D eigenvalue weighted by Crippen LogP contribution is 2.22. The summed E-state index contributed by atoms with van der Waals surface area (Å²) in [6.45, 7) is 11.6. The van der Waals surface area contributed by atoms with Crippen molar-refractivity contribution in [1.29, 1.82) is 0 Å². The summed E-state index contributed by atoms with van der Waals surface area (Å²) in [5.74, 6) is -0.435. The zero-order valence-electron chi connectivity index (χ0n) is 15.9. The van der Waals surface area contributed by atoms with Gasteiger partial charge in [0.15, 0.2) is 11.9 Å². The van der Waals surface area contributed by atoms with Crippen LogP contribution in [0.15, 0.2) is 18.3 Å². The molecule has 2 heterocycles. The Labute approximate surface area is 149 Å². The topological polar surface area (TPSA) is 63.0 Å². The number of carbonyl (C=O) groups excluding carboxylic acids is 2. The fraction of sp³-hybridized carbons (Fsp3) is 0.450. The number of ketones is 1. The number of Topliss-reactive ketones (excluding diaryl/α,β-unsaturated/α-hetero) is 1. The molecule has 0 fully saturated rings. The van der Waals surface area contributed by atoms with Gasteiger partial charge in [-0.05, 0) is 38.8 Å². The van der Waals surface area contributed by atoms with E-state index in [-0.39, 0.29) is 11.8 Å². The van der Waals surface area contributed by atoms with E-state index >= 15 is 0 Å². The lowest BCUT2D eigenvalue weighted by Crippen LogP contribution is -2.45. The molecule has 0 spiro atoms. The van der Waals surface area contributed by atoms with Crippen molar-refractivity contribution in [1.82, 2.24) is 4.98 Å². The fourth-order valence-electron chi connectivity index (χ4n) is 3.10. The second kappa shape index (κ2) is 7.64. The van der Waals surface area contributed by atoms with Crippen LogP contribution in [-0.2, 0) is 11.2 Å². The Morgan fingerprint density at radius 2 is 1.88 bits per heavy atom. The van der Waals surface area contributed by atoms with E-state index in [1.165, 1.54) is 5.56 Å². The number of aromatic nitrogens is 2. The third-order valence-electron chi connectivity index (χ3n) is 4.62. The number of esters is 1. The number of pyridine rings is 1. The van der Waals surface area contributed by atoms with E-state index in [4.69, 9.17) is 4.74 Å². The third kappa shape index (κ3) is 3.65. The number of aryl methyl sites for hydroxylation is 3. The molecule has 0 bridgehead atoms. The van der Waals surface area contributed by atoms with Crippen LogP contribution in [0.25, 0.3) is 0 Å². The van der Waals surface area contributed by atoms with E-state index < -0.39 is 5.97 Å². The quantitative estimate of drug-likeness (QED) is 0.497. The molecule has 2 aromatic rings.